The second-order valence-electron chi connectivity index (χ2n) is 6.92. The van der Waals surface area contributed by atoms with Gasteiger partial charge in [0, 0.05) is 23.5 Å². The van der Waals surface area contributed by atoms with Gasteiger partial charge in [0.15, 0.2) is 5.11 Å². The molecule has 1 fully saturated rings. The van der Waals surface area contributed by atoms with Crippen LogP contribution in [0.2, 0.25) is 0 Å². The van der Waals surface area contributed by atoms with E-state index in [1.807, 2.05) is 58.0 Å². The Morgan fingerprint density at radius 3 is 2.54 bits per heavy atom. The SMILES string of the molecule is CCOC(=O)c1c(NC(=S)N2CC(C)OC(C)C2)sc(C)c1-c1ccccc1. The number of thiocarbonyl (C=S) groups is 1. The van der Waals surface area contributed by atoms with Gasteiger partial charge in [-0.1, -0.05) is 30.3 Å². The molecule has 1 saturated heterocycles. The third-order valence-electron chi connectivity index (χ3n) is 4.55. The lowest BCUT2D eigenvalue weighted by Gasteiger charge is -2.36. The monoisotopic (exact) mass is 418 g/mol. The maximum Gasteiger partial charge on any atom is 0.341 e. The lowest BCUT2D eigenvalue weighted by Crippen LogP contribution is -2.49. The topological polar surface area (TPSA) is 50.8 Å². The maximum absolute atomic E-state index is 12.8. The van der Waals surface area contributed by atoms with Gasteiger partial charge < -0.3 is 19.7 Å². The van der Waals surface area contributed by atoms with Crippen LogP contribution in [-0.2, 0) is 9.47 Å². The molecular weight excluding hydrogens is 392 g/mol. The summed E-state index contributed by atoms with van der Waals surface area (Å²) in [6.07, 6.45) is 0.218. The molecule has 28 heavy (non-hydrogen) atoms. The Morgan fingerprint density at radius 2 is 1.93 bits per heavy atom. The Hall–Kier alpha value is -1.96. The zero-order valence-electron chi connectivity index (χ0n) is 16.7. The molecule has 0 amide bonds. The number of nitrogens with zero attached hydrogens (tertiary/aromatic N) is 1. The summed E-state index contributed by atoms with van der Waals surface area (Å²) in [5.41, 5.74) is 2.44. The summed E-state index contributed by atoms with van der Waals surface area (Å²) in [4.78, 5) is 15.9. The molecule has 7 heteroatoms. The van der Waals surface area contributed by atoms with E-state index < -0.39 is 0 Å². The van der Waals surface area contributed by atoms with E-state index in [0.717, 1.165) is 34.1 Å². The Labute approximate surface area is 175 Å². The number of ether oxygens (including phenoxy) is 2. The first-order chi connectivity index (χ1) is 13.4. The van der Waals surface area contributed by atoms with Crippen LogP contribution in [0.5, 0.6) is 0 Å². The van der Waals surface area contributed by atoms with Gasteiger partial charge in [0.05, 0.1) is 18.8 Å². The van der Waals surface area contributed by atoms with Gasteiger partial charge in [0.25, 0.3) is 0 Å². The van der Waals surface area contributed by atoms with Crippen LogP contribution < -0.4 is 5.32 Å². The zero-order chi connectivity index (χ0) is 20.3. The molecule has 2 aromatic rings. The minimum atomic E-state index is -0.334. The predicted octanol–water partition coefficient (Wildman–Crippen LogP) is 4.71. The van der Waals surface area contributed by atoms with Crippen molar-refractivity contribution in [1.82, 2.24) is 4.90 Å². The highest BCUT2D eigenvalue weighted by molar-refractivity contribution is 7.80. The molecule has 2 unspecified atom stereocenters. The van der Waals surface area contributed by atoms with Crippen LogP contribution in [0.1, 0.15) is 36.0 Å². The largest absolute Gasteiger partial charge is 0.462 e. The normalized spacial score (nSPS) is 19.4. The Morgan fingerprint density at radius 1 is 1.29 bits per heavy atom. The number of nitrogens with one attached hydrogen (secondary N) is 1. The van der Waals surface area contributed by atoms with E-state index in [1.54, 1.807) is 0 Å². The number of carbonyl (C=O) groups is 1. The van der Waals surface area contributed by atoms with Crippen molar-refractivity contribution in [2.24, 2.45) is 0 Å². The molecule has 3 rings (SSSR count). The first-order valence-electron chi connectivity index (χ1n) is 9.48. The van der Waals surface area contributed by atoms with Crippen LogP contribution in [-0.4, -0.2) is 47.9 Å². The number of hydrogen-bond donors (Lipinski definition) is 1. The smallest absolute Gasteiger partial charge is 0.341 e. The molecule has 2 heterocycles. The molecule has 1 aliphatic heterocycles. The predicted molar refractivity (Wildman–Crippen MR) is 118 cm³/mol. The molecular formula is C21H26N2O3S2. The van der Waals surface area contributed by atoms with E-state index in [-0.39, 0.29) is 18.2 Å². The van der Waals surface area contributed by atoms with Crippen molar-refractivity contribution in [2.75, 3.05) is 25.0 Å². The number of anilines is 1. The number of carbonyl (C=O) groups excluding carboxylic acids is 1. The van der Waals surface area contributed by atoms with Crippen molar-refractivity contribution >= 4 is 39.6 Å². The van der Waals surface area contributed by atoms with E-state index in [2.05, 4.69) is 10.2 Å². The fourth-order valence-corrected chi connectivity index (χ4v) is 4.88. The quantitative estimate of drug-likeness (QED) is 0.573. The number of rotatable bonds is 4. The van der Waals surface area contributed by atoms with E-state index in [1.165, 1.54) is 11.3 Å². The molecule has 0 saturated carbocycles. The highest BCUT2D eigenvalue weighted by Gasteiger charge is 2.28. The first-order valence-corrected chi connectivity index (χ1v) is 10.7. The minimum absolute atomic E-state index is 0.109. The Bertz CT molecular complexity index is 841. The first kappa shape index (κ1) is 20.8. The number of benzene rings is 1. The minimum Gasteiger partial charge on any atom is -0.462 e. The van der Waals surface area contributed by atoms with Gasteiger partial charge in [-0.05, 0) is 45.5 Å². The van der Waals surface area contributed by atoms with Crippen LogP contribution in [0.15, 0.2) is 30.3 Å². The molecule has 0 aliphatic carbocycles. The van der Waals surface area contributed by atoms with Crippen molar-refractivity contribution in [3.05, 3.63) is 40.8 Å². The van der Waals surface area contributed by atoms with Crippen LogP contribution in [0.3, 0.4) is 0 Å². The van der Waals surface area contributed by atoms with Crippen LogP contribution in [0, 0.1) is 6.92 Å². The zero-order valence-corrected chi connectivity index (χ0v) is 18.3. The van der Waals surface area contributed by atoms with E-state index >= 15 is 0 Å². The number of esters is 1. The molecule has 150 valence electrons. The van der Waals surface area contributed by atoms with Gasteiger partial charge in [-0.15, -0.1) is 11.3 Å². The summed E-state index contributed by atoms with van der Waals surface area (Å²) < 4.78 is 11.1. The number of morpholine rings is 1. The van der Waals surface area contributed by atoms with Crippen molar-refractivity contribution < 1.29 is 14.3 Å². The number of hydrogen-bond acceptors (Lipinski definition) is 5. The highest BCUT2D eigenvalue weighted by Crippen LogP contribution is 2.40. The lowest BCUT2D eigenvalue weighted by molar-refractivity contribution is -0.0473. The fraction of sp³-hybridized carbons (Fsp3) is 0.429. The number of thiophene rings is 1. The molecule has 1 aliphatic rings. The van der Waals surface area contributed by atoms with Crippen molar-refractivity contribution in [1.29, 1.82) is 0 Å². The molecule has 0 spiro atoms. The molecule has 1 aromatic carbocycles. The van der Waals surface area contributed by atoms with Crippen LogP contribution in [0.4, 0.5) is 5.00 Å². The Kier molecular flexibility index (Phi) is 6.69. The maximum atomic E-state index is 12.8. The van der Waals surface area contributed by atoms with Crippen LogP contribution in [0.25, 0.3) is 11.1 Å². The van der Waals surface area contributed by atoms with Crippen molar-refractivity contribution in [3.8, 4) is 11.1 Å². The summed E-state index contributed by atoms with van der Waals surface area (Å²) in [7, 11) is 0. The van der Waals surface area contributed by atoms with E-state index in [0.29, 0.717) is 17.3 Å². The van der Waals surface area contributed by atoms with Crippen molar-refractivity contribution in [2.45, 2.75) is 39.9 Å². The second-order valence-corrected chi connectivity index (χ2v) is 8.53. The molecule has 1 aromatic heterocycles. The summed E-state index contributed by atoms with van der Waals surface area (Å²) in [6.45, 7) is 9.68. The molecule has 1 N–H and O–H groups in total. The summed E-state index contributed by atoms with van der Waals surface area (Å²) in [5.74, 6) is -0.334. The standard InChI is InChI=1S/C21H26N2O3S2/c1-5-25-20(24)18-17(16-9-7-6-8-10-16)15(4)28-19(18)22-21(27)23-11-13(2)26-14(3)12-23/h6-10,13-14H,5,11-12H2,1-4H3,(H,22,27). The summed E-state index contributed by atoms with van der Waals surface area (Å²) in [5, 5.41) is 4.64. The summed E-state index contributed by atoms with van der Waals surface area (Å²) in [6, 6.07) is 9.91. The van der Waals surface area contributed by atoms with Crippen LogP contribution >= 0.6 is 23.6 Å². The van der Waals surface area contributed by atoms with Gasteiger partial charge in [0.2, 0.25) is 0 Å². The fourth-order valence-electron chi connectivity index (χ4n) is 3.50. The Balaban J connectivity index is 1.94. The van der Waals surface area contributed by atoms with Gasteiger partial charge in [-0.3, -0.25) is 0 Å². The van der Waals surface area contributed by atoms with E-state index in [4.69, 9.17) is 21.7 Å². The number of aryl methyl sites for hydroxylation is 1. The summed E-state index contributed by atoms with van der Waals surface area (Å²) >= 11 is 7.18. The second kappa shape index (κ2) is 9.03. The van der Waals surface area contributed by atoms with Crippen molar-refractivity contribution in [3.63, 3.8) is 0 Å². The van der Waals surface area contributed by atoms with Gasteiger partial charge in [-0.2, -0.15) is 0 Å². The van der Waals surface area contributed by atoms with Gasteiger partial charge in [0.1, 0.15) is 10.6 Å². The van der Waals surface area contributed by atoms with Gasteiger partial charge in [-0.25, -0.2) is 4.79 Å². The molecule has 0 bridgehead atoms. The lowest BCUT2D eigenvalue weighted by atomic mass is 10.0. The third kappa shape index (κ3) is 4.54. The average molecular weight is 419 g/mol. The average Bonchev–Trinajstić information content (AvgIpc) is 2.97. The highest BCUT2D eigenvalue weighted by atomic mass is 32.1. The molecule has 2 atom stereocenters. The molecule has 5 nitrogen and oxygen atoms in total. The third-order valence-corrected chi connectivity index (χ3v) is 5.93. The van der Waals surface area contributed by atoms with E-state index in [9.17, 15) is 4.79 Å². The van der Waals surface area contributed by atoms with Gasteiger partial charge >= 0.3 is 5.97 Å². The molecule has 0 radical (unpaired) electrons.